The Balaban J connectivity index is 2.98. The summed E-state index contributed by atoms with van der Waals surface area (Å²) in [5.41, 5.74) is 2.11. The van der Waals surface area contributed by atoms with E-state index in [1.54, 1.807) is 0 Å². The monoisotopic (exact) mass is 176 g/mol. The van der Waals surface area contributed by atoms with E-state index in [-0.39, 0.29) is 12.0 Å². The van der Waals surface area contributed by atoms with Crippen molar-refractivity contribution in [1.29, 1.82) is 0 Å². The first-order chi connectivity index (χ1) is 6.10. The highest BCUT2D eigenvalue weighted by molar-refractivity contribution is 5.47. The summed E-state index contributed by atoms with van der Waals surface area (Å²) in [7, 11) is 0. The first kappa shape index (κ1) is 10.0. The fourth-order valence-electron chi connectivity index (χ4n) is 1.16. The van der Waals surface area contributed by atoms with Crippen LogP contribution in [-0.2, 0) is 5.41 Å². The lowest BCUT2D eigenvalue weighted by atomic mass is 9.85. The SMILES string of the molecule is C=Cc1ccc(C(C)(C)CO)cc1. The fourth-order valence-corrected chi connectivity index (χ4v) is 1.16. The van der Waals surface area contributed by atoms with Crippen LogP contribution in [0.25, 0.3) is 6.08 Å². The van der Waals surface area contributed by atoms with E-state index >= 15 is 0 Å². The average Bonchev–Trinajstić information content (AvgIpc) is 2.18. The molecule has 1 rings (SSSR count). The van der Waals surface area contributed by atoms with E-state index in [2.05, 4.69) is 6.58 Å². The van der Waals surface area contributed by atoms with Crippen molar-refractivity contribution in [2.75, 3.05) is 6.61 Å². The zero-order chi connectivity index (χ0) is 9.90. The maximum Gasteiger partial charge on any atom is 0.0522 e. The van der Waals surface area contributed by atoms with Gasteiger partial charge in [0.1, 0.15) is 0 Å². The summed E-state index contributed by atoms with van der Waals surface area (Å²) in [6.45, 7) is 7.91. The van der Waals surface area contributed by atoms with Crippen molar-refractivity contribution in [1.82, 2.24) is 0 Å². The van der Waals surface area contributed by atoms with Gasteiger partial charge in [-0.2, -0.15) is 0 Å². The molecule has 0 heterocycles. The molecule has 1 N–H and O–H groups in total. The Morgan fingerprint density at radius 1 is 1.31 bits per heavy atom. The average molecular weight is 176 g/mol. The number of aliphatic hydroxyl groups is 1. The van der Waals surface area contributed by atoms with E-state index in [4.69, 9.17) is 5.11 Å². The van der Waals surface area contributed by atoms with E-state index < -0.39 is 0 Å². The van der Waals surface area contributed by atoms with Gasteiger partial charge in [0.05, 0.1) is 6.61 Å². The molecule has 0 bridgehead atoms. The Hall–Kier alpha value is -1.08. The van der Waals surface area contributed by atoms with Gasteiger partial charge in [0, 0.05) is 5.41 Å². The summed E-state index contributed by atoms with van der Waals surface area (Å²) >= 11 is 0. The van der Waals surface area contributed by atoms with Gasteiger partial charge in [-0.3, -0.25) is 0 Å². The van der Waals surface area contributed by atoms with E-state index in [9.17, 15) is 0 Å². The predicted octanol–water partition coefficient (Wildman–Crippen LogP) is 2.60. The van der Waals surface area contributed by atoms with Crippen LogP contribution in [0.1, 0.15) is 25.0 Å². The normalized spacial score (nSPS) is 11.3. The van der Waals surface area contributed by atoms with Crippen molar-refractivity contribution in [2.24, 2.45) is 0 Å². The van der Waals surface area contributed by atoms with Crippen molar-refractivity contribution >= 4 is 6.08 Å². The van der Waals surface area contributed by atoms with Crippen molar-refractivity contribution in [3.8, 4) is 0 Å². The van der Waals surface area contributed by atoms with E-state index in [0.29, 0.717) is 0 Å². The minimum Gasteiger partial charge on any atom is -0.395 e. The molecular formula is C12H16O. The Labute approximate surface area is 79.7 Å². The lowest BCUT2D eigenvalue weighted by Gasteiger charge is -2.22. The zero-order valence-corrected chi connectivity index (χ0v) is 8.25. The molecule has 0 amide bonds. The summed E-state index contributed by atoms with van der Waals surface area (Å²) in [6.07, 6.45) is 1.82. The number of hydrogen-bond acceptors (Lipinski definition) is 1. The third-order valence-electron chi connectivity index (χ3n) is 2.32. The third kappa shape index (κ3) is 2.19. The number of aliphatic hydroxyl groups excluding tert-OH is 1. The maximum absolute atomic E-state index is 9.15. The molecular weight excluding hydrogens is 160 g/mol. The highest BCUT2D eigenvalue weighted by atomic mass is 16.3. The summed E-state index contributed by atoms with van der Waals surface area (Å²) in [5.74, 6) is 0. The van der Waals surface area contributed by atoms with Gasteiger partial charge in [0.25, 0.3) is 0 Å². The molecule has 1 aromatic carbocycles. The highest BCUT2D eigenvalue weighted by Gasteiger charge is 2.18. The molecule has 0 aliphatic heterocycles. The molecule has 1 aromatic rings. The summed E-state index contributed by atoms with van der Waals surface area (Å²) in [5, 5.41) is 9.15. The third-order valence-corrected chi connectivity index (χ3v) is 2.32. The summed E-state index contributed by atoms with van der Waals surface area (Å²) < 4.78 is 0. The maximum atomic E-state index is 9.15. The quantitative estimate of drug-likeness (QED) is 0.750. The highest BCUT2D eigenvalue weighted by Crippen LogP contribution is 2.22. The molecule has 0 spiro atoms. The molecule has 0 saturated carbocycles. The Morgan fingerprint density at radius 3 is 2.23 bits per heavy atom. The second-order valence-electron chi connectivity index (χ2n) is 3.87. The minimum atomic E-state index is -0.153. The van der Waals surface area contributed by atoms with Gasteiger partial charge in [0.15, 0.2) is 0 Å². The number of rotatable bonds is 3. The first-order valence-electron chi connectivity index (χ1n) is 4.44. The van der Waals surface area contributed by atoms with E-state index in [1.165, 1.54) is 0 Å². The Kier molecular flexibility index (Phi) is 2.89. The zero-order valence-electron chi connectivity index (χ0n) is 8.25. The van der Waals surface area contributed by atoms with Gasteiger partial charge in [0.2, 0.25) is 0 Å². The van der Waals surface area contributed by atoms with Gasteiger partial charge in [-0.15, -0.1) is 0 Å². The van der Waals surface area contributed by atoms with Crippen molar-refractivity contribution in [3.63, 3.8) is 0 Å². The van der Waals surface area contributed by atoms with Crippen LogP contribution in [0, 0.1) is 0 Å². The lowest BCUT2D eigenvalue weighted by Crippen LogP contribution is -2.21. The second-order valence-corrected chi connectivity index (χ2v) is 3.87. The van der Waals surface area contributed by atoms with Crippen LogP contribution in [-0.4, -0.2) is 11.7 Å². The molecule has 0 aliphatic carbocycles. The van der Waals surface area contributed by atoms with Crippen LogP contribution in [0.3, 0.4) is 0 Å². The van der Waals surface area contributed by atoms with E-state index in [0.717, 1.165) is 11.1 Å². The van der Waals surface area contributed by atoms with Gasteiger partial charge < -0.3 is 5.11 Å². The molecule has 0 fully saturated rings. The number of hydrogen-bond donors (Lipinski definition) is 1. The summed E-state index contributed by atoms with van der Waals surface area (Å²) in [6, 6.07) is 8.10. The van der Waals surface area contributed by atoms with Gasteiger partial charge >= 0.3 is 0 Å². The standard InChI is InChI=1S/C12H16O/c1-4-10-5-7-11(8-6-10)12(2,3)9-13/h4-8,13H,1,9H2,2-3H3. The molecule has 1 nitrogen and oxygen atoms in total. The molecule has 0 aliphatic rings. The molecule has 0 radical (unpaired) electrons. The van der Waals surface area contributed by atoms with Crippen LogP contribution >= 0.6 is 0 Å². The molecule has 13 heavy (non-hydrogen) atoms. The minimum absolute atomic E-state index is 0.153. The molecule has 0 aromatic heterocycles. The van der Waals surface area contributed by atoms with Crippen LogP contribution in [0.2, 0.25) is 0 Å². The van der Waals surface area contributed by atoms with Crippen LogP contribution < -0.4 is 0 Å². The van der Waals surface area contributed by atoms with Gasteiger partial charge in [-0.1, -0.05) is 50.8 Å². The predicted molar refractivity (Wildman–Crippen MR) is 56.6 cm³/mol. The molecule has 70 valence electrons. The molecule has 0 unspecified atom stereocenters. The topological polar surface area (TPSA) is 20.2 Å². The first-order valence-corrected chi connectivity index (χ1v) is 4.44. The van der Waals surface area contributed by atoms with Crippen molar-refractivity contribution < 1.29 is 5.11 Å². The van der Waals surface area contributed by atoms with Crippen LogP contribution in [0.5, 0.6) is 0 Å². The summed E-state index contributed by atoms with van der Waals surface area (Å²) in [4.78, 5) is 0. The van der Waals surface area contributed by atoms with Crippen LogP contribution in [0.4, 0.5) is 0 Å². The van der Waals surface area contributed by atoms with E-state index in [1.807, 2.05) is 44.2 Å². The van der Waals surface area contributed by atoms with Gasteiger partial charge in [-0.25, -0.2) is 0 Å². The van der Waals surface area contributed by atoms with Crippen molar-refractivity contribution in [2.45, 2.75) is 19.3 Å². The second kappa shape index (κ2) is 3.75. The molecule has 0 atom stereocenters. The number of benzene rings is 1. The van der Waals surface area contributed by atoms with Crippen molar-refractivity contribution in [3.05, 3.63) is 42.0 Å². The Bertz CT molecular complexity index is 282. The van der Waals surface area contributed by atoms with Gasteiger partial charge in [-0.05, 0) is 11.1 Å². The van der Waals surface area contributed by atoms with Crippen LogP contribution in [0.15, 0.2) is 30.8 Å². The molecule has 1 heteroatoms. The fraction of sp³-hybridized carbons (Fsp3) is 0.333. The largest absolute Gasteiger partial charge is 0.395 e. The Morgan fingerprint density at radius 2 is 1.85 bits per heavy atom. The smallest absolute Gasteiger partial charge is 0.0522 e. The lowest BCUT2D eigenvalue weighted by molar-refractivity contribution is 0.218. The molecule has 0 saturated heterocycles.